The average molecular weight is 415 g/mol. The number of carbonyl (C=O) groups excluding carboxylic acids is 2. The van der Waals surface area contributed by atoms with E-state index in [1.165, 1.54) is 21.3 Å². The van der Waals surface area contributed by atoms with Crippen LogP contribution in [-0.4, -0.2) is 39.2 Å². The molecule has 2 rings (SSSR count). The number of ether oxygens (including phenoxy) is 3. The van der Waals surface area contributed by atoms with E-state index in [-0.39, 0.29) is 11.8 Å². The molecule has 2 N–H and O–H groups in total. The Hall–Kier alpha value is -3.22. The maximum absolute atomic E-state index is 12.9. The lowest BCUT2D eigenvalue weighted by molar-refractivity contribution is -0.118. The fourth-order valence-electron chi connectivity index (χ4n) is 3.14. The van der Waals surface area contributed by atoms with Crippen LogP contribution in [0.3, 0.4) is 0 Å². The Balaban J connectivity index is 2.26. The Morgan fingerprint density at radius 1 is 0.900 bits per heavy atom. The van der Waals surface area contributed by atoms with Gasteiger partial charge in [0.2, 0.25) is 11.7 Å². The van der Waals surface area contributed by atoms with Crippen LogP contribution < -0.4 is 24.8 Å². The molecule has 0 aliphatic rings. The van der Waals surface area contributed by atoms with Gasteiger partial charge in [-0.2, -0.15) is 0 Å². The zero-order valence-corrected chi connectivity index (χ0v) is 18.6. The van der Waals surface area contributed by atoms with Crippen molar-refractivity contribution in [2.75, 3.05) is 26.6 Å². The normalized spacial score (nSPS) is 11.6. The van der Waals surface area contributed by atoms with Gasteiger partial charge >= 0.3 is 0 Å². The van der Waals surface area contributed by atoms with Crippen LogP contribution in [-0.2, 0) is 4.79 Å². The highest BCUT2D eigenvalue weighted by atomic mass is 16.5. The van der Waals surface area contributed by atoms with Crippen molar-refractivity contribution < 1.29 is 23.8 Å². The number of carbonyl (C=O) groups is 2. The molecular formula is C23H30N2O5. The lowest BCUT2D eigenvalue weighted by atomic mass is 10.0. The Kier molecular flexibility index (Phi) is 7.69. The second kappa shape index (κ2) is 10.0. The van der Waals surface area contributed by atoms with E-state index >= 15 is 0 Å². The molecule has 1 atom stereocenters. The number of nitrogens with one attached hydrogen (secondary N) is 2. The van der Waals surface area contributed by atoms with Gasteiger partial charge in [-0.15, -0.1) is 0 Å². The predicted octanol–water partition coefficient (Wildman–Crippen LogP) is 3.72. The van der Waals surface area contributed by atoms with Gasteiger partial charge in [-0.05, 0) is 43.5 Å². The zero-order valence-electron chi connectivity index (χ0n) is 18.6. The third kappa shape index (κ3) is 5.23. The topological polar surface area (TPSA) is 85.9 Å². The highest BCUT2D eigenvalue weighted by Crippen LogP contribution is 2.38. The van der Waals surface area contributed by atoms with Crippen molar-refractivity contribution in [1.29, 1.82) is 0 Å². The molecule has 0 bridgehead atoms. The number of aryl methyl sites for hydroxylation is 2. The van der Waals surface area contributed by atoms with Crippen LogP contribution >= 0.6 is 0 Å². The maximum atomic E-state index is 12.9. The summed E-state index contributed by atoms with van der Waals surface area (Å²) in [4.78, 5) is 25.8. The van der Waals surface area contributed by atoms with Gasteiger partial charge < -0.3 is 24.8 Å². The number of hydrogen-bond acceptors (Lipinski definition) is 5. The van der Waals surface area contributed by atoms with E-state index < -0.39 is 11.9 Å². The van der Waals surface area contributed by atoms with Crippen molar-refractivity contribution in [1.82, 2.24) is 5.32 Å². The minimum Gasteiger partial charge on any atom is -0.493 e. The van der Waals surface area contributed by atoms with Gasteiger partial charge in [-0.1, -0.05) is 31.5 Å². The molecule has 0 spiro atoms. The third-order valence-corrected chi connectivity index (χ3v) is 4.80. The Morgan fingerprint density at radius 2 is 1.50 bits per heavy atom. The largest absolute Gasteiger partial charge is 0.493 e. The standard InChI is InChI=1S/C23H30N2O5/c1-13(2)20(23(27)24-17-9-8-14(3)10-15(17)4)25-22(26)16-11-18(28-5)21(30-7)19(12-16)29-6/h8-13,20H,1-7H3,(H,24,27)(H,25,26). The summed E-state index contributed by atoms with van der Waals surface area (Å²) in [6.07, 6.45) is 0. The number of hydrogen-bond donors (Lipinski definition) is 2. The molecular weight excluding hydrogens is 384 g/mol. The first-order valence-corrected chi connectivity index (χ1v) is 9.70. The summed E-state index contributed by atoms with van der Waals surface area (Å²) in [7, 11) is 4.45. The molecule has 0 aliphatic heterocycles. The van der Waals surface area contributed by atoms with Crippen LogP contribution in [0.15, 0.2) is 30.3 Å². The molecule has 2 aromatic carbocycles. The lowest BCUT2D eigenvalue weighted by Crippen LogP contribution is -2.47. The molecule has 1 unspecified atom stereocenters. The fourth-order valence-corrected chi connectivity index (χ4v) is 3.14. The Morgan fingerprint density at radius 3 is 1.97 bits per heavy atom. The summed E-state index contributed by atoms with van der Waals surface area (Å²) in [5.41, 5.74) is 3.09. The van der Waals surface area contributed by atoms with E-state index in [1.54, 1.807) is 12.1 Å². The van der Waals surface area contributed by atoms with Gasteiger partial charge in [0.05, 0.1) is 21.3 Å². The predicted molar refractivity (Wildman–Crippen MR) is 117 cm³/mol. The van der Waals surface area contributed by atoms with E-state index in [1.807, 2.05) is 45.9 Å². The first-order valence-electron chi connectivity index (χ1n) is 9.70. The minimum absolute atomic E-state index is 0.123. The Bertz CT molecular complexity index is 899. The molecule has 0 saturated heterocycles. The van der Waals surface area contributed by atoms with Gasteiger partial charge in [-0.25, -0.2) is 0 Å². The number of anilines is 1. The van der Waals surface area contributed by atoms with Gasteiger partial charge in [-0.3, -0.25) is 9.59 Å². The average Bonchev–Trinajstić information content (AvgIpc) is 2.72. The summed E-state index contributed by atoms with van der Waals surface area (Å²) in [6, 6.07) is 8.17. The molecule has 7 nitrogen and oxygen atoms in total. The lowest BCUT2D eigenvalue weighted by Gasteiger charge is -2.23. The molecule has 0 heterocycles. The quantitative estimate of drug-likeness (QED) is 0.688. The highest BCUT2D eigenvalue weighted by Gasteiger charge is 2.26. The van der Waals surface area contributed by atoms with E-state index in [9.17, 15) is 9.59 Å². The minimum atomic E-state index is -0.725. The monoisotopic (exact) mass is 414 g/mol. The van der Waals surface area contributed by atoms with Crippen LogP contribution in [0.25, 0.3) is 0 Å². The van der Waals surface area contributed by atoms with Crippen molar-refractivity contribution in [3.63, 3.8) is 0 Å². The van der Waals surface area contributed by atoms with Crippen molar-refractivity contribution in [3.8, 4) is 17.2 Å². The number of benzene rings is 2. The number of amides is 2. The van der Waals surface area contributed by atoms with E-state index in [2.05, 4.69) is 10.6 Å². The second-order valence-electron chi connectivity index (χ2n) is 7.42. The second-order valence-corrected chi connectivity index (χ2v) is 7.42. The molecule has 0 saturated carbocycles. The van der Waals surface area contributed by atoms with Crippen molar-refractivity contribution in [3.05, 3.63) is 47.0 Å². The van der Waals surface area contributed by atoms with Crippen LogP contribution in [0, 0.1) is 19.8 Å². The van der Waals surface area contributed by atoms with Crippen LogP contribution in [0.2, 0.25) is 0 Å². The van der Waals surface area contributed by atoms with Crippen molar-refractivity contribution in [2.45, 2.75) is 33.7 Å². The van der Waals surface area contributed by atoms with Crippen molar-refractivity contribution >= 4 is 17.5 Å². The van der Waals surface area contributed by atoms with Crippen LogP contribution in [0.1, 0.15) is 35.3 Å². The molecule has 0 aromatic heterocycles. The molecule has 0 radical (unpaired) electrons. The Labute approximate surface area is 177 Å². The van der Waals surface area contributed by atoms with Gasteiger partial charge in [0.15, 0.2) is 11.5 Å². The fraction of sp³-hybridized carbons (Fsp3) is 0.391. The summed E-state index contributed by atoms with van der Waals surface area (Å²) in [5.74, 6) is 0.304. The van der Waals surface area contributed by atoms with Crippen LogP contribution in [0.4, 0.5) is 5.69 Å². The highest BCUT2D eigenvalue weighted by molar-refractivity contribution is 6.02. The summed E-state index contributed by atoms with van der Waals surface area (Å²) in [5, 5.41) is 5.74. The van der Waals surface area contributed by atoms with Gasteiger partial charge in [0.25, 0.3) is 5.91 Å². The zero-order chi connectivity index (χ0) is 22.4. The maximum Gasteiger partial charge on any atom is 0.252 e. The van der Waals surface area contributed by atoms with Crippen LogP contribution in [0.5, 0.6) is 17.2 Å². The van der Waals surface area contributed by atoms with E-state index in [0.29, 0.717) is 22.8 Å². The van der Waals surface area contributed by atoms with E-state index in [0.717, 1.165) is 16.8 Å². The molecule has 7 heteroatoms. The molecule has 2 amide bonds. The molecule has 0 fully saturated rings. The molecule has 30 heavy (non-hydrogen) atoms. The first-order chi connectivity index (χ1) is 14.2. The number of rotatable bonds is 8. The number of methoxy groups -OCH3 is 3. The summed E-state index contributed by atoms with van der Waals surface area (Å²) < 4.78 is 15.9. The van der Waals surface area contributed by atoms with Gasteiger partial charge in [0.1, 0.15) is 6.04 Å². The van der Waals surface area contributed by atoms with Gasteiger partial charge in [0, 0.05) is 11.3 Å². The molecule has 2 aromatic rings. The van der Waals surface area contributed by atoms with E-state index in [4.69, 9.17) is 14.2 Å². The first kappa shape index (κ1) is 23.1. The molecule has 162 valence electrons. The summed E-state index contributed by atoms with van der Waals surface area (Å²) in [6.45, 7) is 7.68. The molecule has 0 aliphatic carbocycles. The van der Waals surface area contributed by atoms with Crippen molar-refractivity contribution in [2.24, 2.45) is 5.92 Å². The third-order valence-electron chi connectivity index (χ3n) is 4.80. The SMILES string of the molecule is COc1cc(C(=O)NC(C(=O)Nc2ccc(C)cc2C)C(C)C)cc(OC)c1OC. The smallest absolute Gasteiger partial charge is 0.252 e. The summed E-state index contributed by atoms with van der Waals surface area (Å²) >= 11 is 0.